The largest absolute Gasteiger partial charge is 0.465 e. The Morgan fingerprint density at radius 1 is 0.962 bits per heavy atom. The Morgan fingerprint density at radius 3 is 1.92 bits per heavy atom. The van der Waals surface area contributed by atoms with Crippen LogP contribution < -0.4 is 0 Å². The zero-order chi connectivity index (χ0) is 19.2. The number of ketones is 1. The van der Waals surface area contributed by atoms with E-state index in [1.807, 2.05) is 20.8 Å². The molecule has 4 aliphatic carbocycles. The number of esters is 1. The molecule has 0 atom stereocenters. The van der Waals surface area contributed by atoms with Crippen molar-refractivity contribution in [3.63, 3.8) is 0 Å². The minimum absolute atomic E-state index is 0.146. The van der Waals surface area contributed by atoms with Gasteiger partial charge in [-0.3, -0.25) is 9.59 Å². The highest BCUT2D eigenvalue weighted by molar-refractivity contribution is 5.85. The fourth-order valence-corrected chi connectivity index (χ4v) is 6.22. The number of carbonyl (C=O) groups excluding carboxylic acids is 2. The lowest BCUT2D eigenvalue weighted by Gasteiger charge is -2.62. The molecule has 4 aliphatic rings. The number of hydrogen-bond acceptors (Lipinski definition) is 3. The summed E-state index contributed by atoms with van der Waals surface area (Å²) in [6.45, 7) is 10.6. The van der Waals surface area contributed by atoms with E-state index in [1.54, 1.807) is 0 Å². The highest BCUT2D eigenvalue weighted by Gasteiger charge is 2.58. The number of carbonyl (C=O) groups is 2. The second kappa shape index (κ2) is 6.95. The van der Waals surface area contributed by atoms with E-state index in [0.29, 0.717) is 25.2 Å². The van der Waals surface area contributed by atoms with E-state index in [9.17, 15) is 9.59 Å². The Labute approximate surface area is 159 Å². The molecule has 0 radical (unpaired) electrons. The van der Waals surface area contributed by atoms with Crippen LogP contribution in [0.1, 0.15) is 92.4 Å². The average Bonchev–Trinajstić information content (AvgIpc) is 2.56. The molecule has 0 N–H and O–H groups in total. The quantitative estimate of drug-likeness (QED) is 0.419. The summed E-state index contributed by atoms with van der Waals surface area (Å²) in [5.41, 5.74) is -0.433. The lowest BCUT2D eigenvalue weighted by molar-refractivity contribution is -0.157. The van der Waals surface area contributed by atoms with E-state index < -0.39 is 5.41 Å². The molecular formula is C23H38O3. The first kappa shape index (κ1) is 19.9. The van der Waals surface area contributed by atoms with Crippen molar-refractivity contribution in [2.45, 2.75) is 92.4 Å². The van der Waals surface area contributed by atoms with Gasteiger partial charge in [0.15, 0.2) is 0 Å². The van der Waals surface area contributed by atoms with E-state index in [-0.39, 0.29) is 16.8 Å². The first-order valence-corrected chi connectivity index (χ1v) is 10.8. The smallest absolute Gasteiger partial charge is 0.311 e. The third-order valence-electron chi connectivity index (χ3n) is 8.28. The highest BCUT2D eigenvalue weighted by atomic mass is 16.5. The predicted molar refractivity (Wildman–Crippen MR) is 104 cm³/mol. The van der Waals surface area contributed by atoms with Gasteiger partial charge in [0.2, 0.25) is 0 Å². The summed E-state index contributed by atoms with van der Waals surface area (Å²) in [6, 6.07) is 0. The van der Waals surface area contributed by atoms with Crippen LogP contribution in [0.4, 0.5) is 0 Å². The molecule has 0 saturated heterocycles. The van der Waals surface area contributed by atoms with Crippen molar-refractivity contribution in [2.75, 3.05) is 6.61 Å². The lowest BCUT2D eigenvalue weighted by atomic mass is 9.42. The maximum atomic E-state index is 13.1. The molecule has 3 heteroatoms. The van der Waals surface area contributed by atoms with Crippen LogP contribution in [-0.2, 0) is 14.3 Å². The Bertz CT molecular complexity index is 523. The van der Waals surface area contributed by atoms with Crippen LogP contribution in [0.5, 0.6) is 0 Å². The van der Waals surface area contributed by atoms with Gasteiger partial charge in [-0.05, 0) is 88.4 Å². The van der Waals surface area contributed by atoms with Gasteiger partial charge in [-0.1, -0.05) is 20.8 Å². The Morgan fingerprint density at radius 2 is 1.46 bits per heavy atom. The van der Waals surface area contributed by atoms with Gasteiger partial charge >= 0.3 is 5.97 Å². The van der Waals surface area contributed by atoms with E-state index in [1.165, 1.54) is 38.5 Å². The van der Waals surface area contributed by atoms with E-state index >= 15 is 0 Å². The summed E-state index contributed by atoms with van der Waals surface area (Å²) in [5.74, 6) is 2.83. The number of ether oxygens (including phenoxy) is 1. The minimum Gasteiger partial charge on any atom is -0.465 e. The molecule has 4 saturated carbocycles. The molecule has 3 nitrogen and oxygen atoms in total. The maximum Gasteiger partial charge on any atom is 0.311 e. The van der Waals surface area contributed by atoms with Crippen LogP contribution in [0.15, 0.2) is 0 Å². The van der Waals surface area contributed by atoms with Crippen LogP contribution in [0, 0.1) is 34.0 Å². The molecule has 4 fully saturated rings. The summed E-state index contributed by atoms with van der Waals surface area (Å²) in [6.07, 6.45) is 9.97. The summed E-state index contributed by atoms with van der Waals surface area (Å²) in [5, 5.41) is 0. The van der Waals surface area contributed by atoms with Gasteiger partial charge in [-0.15, -0.1) is 0 Å². The first-order valence-electron chi connectivity index (χ1n) is 10.8. The molecule has 0 amide bonds. The Hall–Kier alpha value is -0.860. The van der Waals surface area contributed by atoms with Gasteiger partial charge in [0, 0.05) is 11.8 Å². The zero-order valence-corrected chi connectivity index (χ0v) is 17.5. The SMILES string of the molecule is CCC(C)(C)C(=O)OCCCC(=O)C(C)(C)C12CC3CC(CC(C3)C1)C2. The second-order valence-corrected chi connectivity index (χ2v) is 10.7. The van der Waals surface area contributed by atoms with Crippen LogP contribution >= 0.6 is 0 Å². The van der Waals surface area contributed by atoms with Crippen molar-refractivity contribution in [3.05, 3.63) is 0 Å². The van der Waals surface area contributed by atoms with Crippen LogP contribution in [0.2, 0.25) is 0 Å². The molecular weight excluding hydrogens is 324 g/mol. The van der Waals surface area contributed by atoms with Crippen LogP contribution in [0.3, 0.4) is 0 Å². The minimum atomic E-state index is -0.428. The van der Waals surface area contributed by atoms with Gasteiger partial charge in [0.05, 0.1) is 12.0 Å². The van der Waals surface area contributed by atoms with Crippen molar-refractivity contribution in [1.82, 2.24) is 0 Å². The standard InChI is InChI=1S/C23H38O3/c1-6-21(2,3)20(25)26-9-7-8-19(24)22(4,5)23-13-16-10-17(14-23)12-18(11-16)15-23/h16-18H,6-15H2,1-5H3. The third kappa shape index (κ3) is 3.47. The summed E-state index contributed by atoms with van der Waals surface area (Å²) < 4.78 is 5.42. The van der Waals surface area contributed by atoms with Gasteiger partial charge in [0.25, 0.3) is 0 Å². The Kier molecular flexibility index (Phi) is 5.31. The fourth-order valence-electron chi connectivity index (χ4n) is 6.22. The molecule has 4 bridgehead atoms. The molecule has 0 aromatic carbocycles. The second-order valence-electron chi connectivity index (χ2n) is 10.7. The van der Waals surface area contributed by atoms with Crippen molar-refractivity contribution in [1.29, 1.82) is 0 Å². The summed E-state index contributed by atoms with van der Waals surface area (Å²) in [4.78, 5) is 25.2. The third-order valence-corrected chi connectivity index (χ3v) is 8.28. The number of hydrogen-bond donors (Lipinski definition) is 0. The zero-order valence-electron chi connectivity index (χ0n) is 17.5. The van der Waals surface area contributed by atoms with E-state index in [4.69, 9.17) is 4.74 Å². The van der Waals surface area contributed by atoms with Crippen molar-refractivity contribution in [2.24, 2.45) is 34.0 Å². The van der Waals surface area contributed by atoms with Gasteiger partial charge in [0.1, 0.15) is 5.78 Å². The first-order chi connectivity index (χ1) is 12.1. The molecule has 0 aromatic heterocycles. The van der Waals surface area contributed by atoms with Crippen LogP contribution in [-0.4, -0.2) is 18.4 Å². The molecule has 0 aromatic rings. The van der Waals surface area contributed by atoms with Crippen molar-refractivity contribution >= 4 is 11.8 Å². The Balaban J connectivity index is 1.53. The molecule has 148 valence electrons. The molecule has 0 spiro atoms. The lowest BCUT2D eigenvalue weighted by Crippen LogP contribution is -2.55. The highest BCUT2D eigenvalue weighted by Crippen LogP contribution is 2.66. The van der Waals surface area contributed by atoms with E-state index in [2.05, 4.69) is 13.8 Å². The average molecular weight is 363 g/mol. The molecule has 0 unspecified atom stereocenters. The molecule has 4 rings (SSSR count). The molecule has 0 aliphatic heterocycles. The monoisotopic (exact) mass is 362 g/mol. The van der Waals surface area contributed by atoms with E-state index in [0.717, 1.165) is 24.2 Å². The molecule has 0 heterocycles. The van der Waals surface area contributed by atoms with Crippen molar-refractivity contribution < 1.29 is 14.3 Å². The predicted octanol–water partition coefficient (Wildman–Crippen LogP) is 5.56. The topological polar surface area (TPSA) is 43.4 Å². The summed E-state index contributed by atoms with van der Waals surface area (Å²) in [7, 11) is 0. The molecule has 26 heavy (non-hydrogen) atoms. The fraction of sp³-hybridized carbons (Fsp3) is 0.913. The maximum absolute atomic E-state index is 13.1. The van der Waals surface area contributed by atoms with Gasteiger partial charge in [-0.2, -0.15) is 0 Å². The van der Waals surface area contributed by atoms with Gasteiger partial charge in [-0.25, -0.2) is 0 Å². The number of Topliss-reactive ketones (excluding diaryl/α,β-unsaturated/α-hetero) is 1. The number of rotatable bonds is 8. The van der Waals surface area contributed by atoms with Gasteiger partial charge < -0.3 is 4.74 Å². The van der Waals surface area contributed by atoms with Crippen LogP contribution in [0.25, 0.3) is 0 Å². The normalized spacial score (nSPS) is 33.3. The summed E-state index contributed by atoms with van der Waals surface area (Å²) >= 11 is 0. The van der Waals surface area contributed by atoms with Crippen molar-refractivity contribution in [3.8, 4) is 0 Å².